The average Bonchev–Trinajstić information content (AvgIpc) is 3.33. The molecule has 0 spiro atoms. The molecule has 1 aliphatic rings. The van der Waals surface area contributed by atoms with Gasteiger partial charge in [0.2, 0.25) is 0 Å². The van der Waals surface area contributed by atoms with Gasteiger partial charge in [-0.25, -0.2) is 0 Å². The standard InChI is InChI=1S/C20H17N5/c21-19-10-18-9-16-4-3-14(23-16)7-12-1-2-13(22-12)8-15-5-6-17(24-15)11-20(19)25-18/h1-11,22-25H,21H2. The third kappa shape index (κ3) is 2.61. The number of aromatic amines is 4. The molecule has 0 saturated carbocycles. The van der Waals surface area contributed by atoms with Crippen LogP contribution in [0, 0.1) is 0 Å². The van der Waals surface area contributed by atoms with Gasteiger partial charge in [-0.2, -0.15) is 0 Å². The van der Waals surface area contributed by atoms with Crippen molar-refractivity contribution in [2.75, 3.05) is 5.73 Å². The number of H-pyrrole nitrogens is 4. The highest BCUT2D eigenvalue weighted by Crippen LogP contribution is 2.14. The Morgan fingerprint density at radius 3 is 1.64 bits per heavy atom. The fraction of sp³-hybridized carbons (Fsp3) is 0. The molecule has 1 aliphatic heterocycles. The van der Waals surface area contributed by atoms with E-state index in [1.165, 1.54) is 0 Å². The number of nitrogens with one attached hydrogen (secondary N) is 4. The van der Waals surface area contributed by atoms with E-state index < -0.39 is 0 Å². The second-order valence-corrected chi connectivity index (χ2v) is 6.28. The maximum Gasteiger partial charge on any atom is 0.0639 e. The van der Waals surface area contributed by atoms with Crippen molar-refractivity contribution in [2.45, 2.75) is 0 Å². The van der Waals surface area contributed by atoms with Gasteiger partial charge in [-0.3, -0.25) is 0 Å². The van der Waals surface area contributed by atoms with Gasteiger partial charge in [0.25, 0.3) is 0 Å². The van der Waals surface area contributed by atoms with Gasteiger partial charge < -0.3 is 25.7 Å². The van der Waals surface area contributed by atoms with Crippen molar-refractivity contribution in [1.29, 1.82) is 0 Å². The lowest BCUT2D eigenvalue weighted by Crippen LogP contribution is -2.10. The van der Waals surface area contributed by atoms with Crippen LogP contribution in [-0.4, -0.2) is 19.9 Å². The number of nitrogen functional groups attached to an aromatic ring is 1. The van der Waals surface area contributed by atoms with Crippen LogP contribution in [0.4, 0.5) is 5.69 Å². The summed E-state index contributed by atoms with van der Waals surface area (Å²) in [5, 5.41) is 4.09. The SMILES string of the molecule is Nc1cc2[nH]c1C=c1ccc([nH]1)=Cc1ccc([nH]1)C=c1ccc([nH]1)=C2. The molecule has 25 heavy (non-hydrogen) atoms. The predicted molar refractivity (Wildman–Crippen MR) is 100 cm³/mol. The third-order valence-electron chi connectivity index (χ3n) is 4.33. The molecular formula is C20H17N5. The molecular weight excluding hydrogens is 310 g/mol. The fourth-order valence-corrected chi connectivity index (χ4v) is 3.16. The quantitative estimate of drug-likeness (QED) is 0.277. The molecule has 0 unspecified atom stereocenters. The Morgan fingerprint density at radius 1 is 0.520 bits per heavy atom. The van der Waals surface area contributed by atoms with Gasteiger partial charge in [0.15, 0.2) is 0 Å². The van der Waals surface area contributed by atoms with Gasteiger partial charge in [0.05, 0.1) is 11.4 Å². The summed E-state index contributed by atoms with van der Waals surface area (Å²) >= 11 is 0. The number of nitrogens with two attached hydrogens (primary N) is 1. The highest BCUT2D eigenvalue weighted by atomic mass is 14.8. The molecule has 0 aromatic carbocycles. The lowest BCUT2D eigenvalue weighted by Gasteiger charge is -1.90. The monoisotopic (exact) mass is 327 g/mol. The third-order valence-corrected chi connectivity index (χ3v) is 4.33. The molecule has 0 fully saturated rings. The molecule has 0 atom stereocenters. The summed E-state index contributed by atoms with van der Waals surface area (Å²) in [5.41, 5.74) is 10.8. The van der Waals surface area contributed by atoms with Crippen LogP contribution >= 0.6 is 0 Å². The average molecular weight is 327 g/mol. The Labute approximate surface area is 142 Å². The first-order chi connectivity index (χ1) is 12.2. The highest BCUT2D eigenvalue weighted by molar-refractivity contribution is 5.66. The van der Waals surface area contributed by atoms with Crippen molar-refractivity contribution >= 4 is 30.0 Å². The van der Waals surface area contributed by atoms with Gasteiger partial charge in [-0.1, -0.05) is 0 Å². The number of fused-ring (bicyclic) bond motifs is 8. The summed E-state index contributed by atoms with van der Waals surface area (Å²) < 4.78 is 0. The van der Waals surface area contributed by atoms with E-state index in [1.807, 2.05) is 24.3 Å². The molecule has 5 rings (SSSR count). The minimum Gasteiger partial charge on any atom is -0.397 e. The zero-order valence-corrected chi connectivity index (χ0v) is 13.4. The lowest BCUT2D eigenvalue weighted by molar-refractivity contribution is 1.23. The fourth-order valence-electron chi connectivity index (χ4n) is 3.16. The van der Waals surface area contributed by atoms with E-state index in [1.54, 1.807) is 0 Å². The first-order valence-electron chi connectivity index (χ1n) is 8.16. The minimum atomic E-state index is 0.725. The molecule has 5 heterocycles. The molecule has 0 radical (unpaired) electrons. The molecule has 5 nitrogen and oxygen atoms in total. The topological polar surface area (TPSA) is 89.2 Å². The summed E-state index contributed by atoms with van der Waals surface area (Å²) in [6.07, 6.45) is 8.23. The molecule has 8 bridgehead atoms. The van der Waals surface area contributed by atoms with Crippen LogP contribution in [0.25, 0.3) is 24.3 Å². The maximum atomic E-state index is 6.15. The van der Waals surface area contributed by atoms with Crippen molar-refractivity contribution in [1.82, 2.24) is 19.9 Å². The first-order valence-corrected chi connectivity index (χ1v) is 8.16. The molecule has 4 aromatic rings. The van der Waals surface area contributed by atoms with E-state index in [0.29, 0.717) is 0 Å². The molecule has 0 amide bonds. The second kappa shape index (κ2) is 5.21. The van der Waals surface area contributed by atoms with E-state index in [-0.39, 0.29) is 0 Å². The van der Waals surface area contributed by atoms with Crippen LogP contribution in [0.15, 0.2) is 42.5 Å². The van der Waals surface area contributed by atoms with Crippen molar-refractivity contribution in [3.05, 3.63) is 86.6 Å². The van der Waals surface area contributed by atoms with E-state index >= 15 is 0 Å². The van der Waals surface area contributed by atoms with Gasteiger partial charge in [0, 0.05) is 38.5 Å². The van der Waals surface area contributed by atoms with E-state index in [0.717, 1.165) is 49.9 Å². The Bertz CT molecular complexity index is 1310. The lowest BCUT2D eigenvalue weighted by atomic mass is 10.3. The van der Waals surface area contributed by atoms with E-state index in [4.69, 9.17) is 5.73 Å². The Morgan fingerprint density at radius 2 is 1.04 bits per heavy atom. The van der Waals surface area contributed by atoms with Crippen LogP contribution in [0.5, 0.6) is 0 Å². The van der Waals surface area contributed by atoms with Crippen molar-refractivity contribution in [3.63, 3.8) is 0 Å². The molecule has 122 valence electrons. The summed E-state index contributed by atoms with van der Waals surface area (Å²) in [6.45, 7) is 0. The van der Waals surface area contributed by atoms with Crippen LogP contribution in [-0.2, 0) is 0 Å². The van der Waals surface area contributed by atoms with Gasteiger partial charge in [0.1, 0.15) is 0 Å². The summed E-state index contributed by atoms with van der Waals surface area (Å²) in [5.74, 6) is 0. The number of anilines is 1. The van der Waals surface area contributed by atoms with Crippen molar-refractivity contribution in [3.8, 4) is 0 Å². The maximum absolute atomic E-state index is 6.15. The number of hydrogen-bond acceptors (Lipinski definition) is 1. The Balaban J connectivity index is 1.81. The van der Waals surface area contributed by atoms with Crippen LogP contribution in [0.1, 0.15) is 22.8 Å². The molecule has 5 heteroatoms. The molecule has 6 N–H and O–H groups in total. The molecule has 4 aromatic heterocycles. The van der Waals surface area contributed by atoms with Crippen LogP contribution in [0.2, 0.25) is 0 Å². The smallest absolute Gasteiger partial charge is 0.0639 e. The normalized spacial score (nSPS) is 12.6. The van der Waals surface area contributed by atoms with Gasteiger partial charge in [-0.05, 0) is 66.8 Å². The van der Waals surface area contributed by atoms with Crippen LogP contribution in [0.3, 0.4) is 0 Å². The summed E-state index contributed by atoms with van der Waals surface area (Å²) in [6, 6.07) is 14.3. The molecule has 0 saturated heterocycles. The van der Waals surface area contributed by atoms with Gasteiger partial charge in [-0.15, -0.1) is 0 Å². The van der Waals surface area contributed by atoms with Crippen LogP contribution < -0.4 is 27.1 Å². The summed E-state index contributed by atoms with van der Waals surface area (Å²) in [4.78, 5) is 13.5. The zero-order chi connectivity index (χ0) is 16.8. The Hall–Kier alpha value is -3.60. The number of aromatic nitrogens is 4. The second-order valence-electron chi connectivity index (χ2n) is 6.28. The zero-order valence-electron chi connectivity index (χ0n) is 13.4. The number of hydrogen-bond donors (Lipinski definition) is 5. The Kier molecular flexibility index (Phi) is 2.87. The largest absolute Gasteiger partial charge is 0.397 e. The highest BCUT2D eigenvalue weighted by Gasteiger charge is 2.02. The summed E-state index contributed by atoms with van der Waals surface area (Å²) in [7, 11) is 0. The predicted octanol–water partition coefficient (Wildman–Crippen LogP) is 0.210. The molecule has 0 aliphatic carbocycles. The van der Waals surface area contributed by atoms with Crippen molar-refractivity contribution < 1.29 is 0 Å². The van der Waals surface area contributed by atoms with Crippen molar-refractivity contribution in [2.24, 2.45) is 0 Å². The van der Waals surface area contributed by atoms with Gasteiger partial charge >= 0.3 is 0 Å². The van der Waals surface area contributed by atoms with E-state index in [9.17, 15) is 0 Å². The first kappa shape index (κ1) is 13.8. The number of rotatable bonds is 0. The van der Waals surface area contributed by atoms with E-state index in [2.05, 4.69) is 62.4 Å². The minimum absolute atomic E-state index is 0.725.